The summed E-state index contributed by atoms with van der Waals surface area (Å²) in [4.78, 5) is 10.8. The van der Waals surface area contributed by atoms with Crippen LogP contribution in [-0.4, -0.2) is 24.3 Å². The predicted molar refractivity (Wildman–Crippen MR) is 87.9 cm³/mol. The normalized spacial score (nSPS) is 19.7. The lowest BCUT2D eigenvalue weighted by Crippen LogP contribution is -2.10. The van der Waals surface area contributed by atoms with E-state index in [-0.39, 0.29) is 12.1 Å². The zero-order valence-corrected chi connectivity index (χ0v) is 13.3. The van der Waals surface area contributed by atoms with Gasteiger partial charge in [-0.1, -0.05) is 31.4 Å². The van der Waals surface area contributed by atoms with Crippen molar-refractivity contribution in [2.45, 2.75) is 63.8 Å². The van der Waals surface area contributed by atoms with Crippen LogP contribution in [0.15, 0.2) is 25.3 Å². The first-order valence-corrected chi connectivity index (χ1v) is 7.72. The molecule has 1 heterocycles. The van der Waals surface area contributed by atoms with Gasteiger partial charge in [0, 0.05) is 13.3 Å². The Balaban J connectivity index is 2.14. The molecule has 1 rings (SSSR count). The number of hydrogen-bond acceptors (Lipinski definition) is 3. The van der Waals surface area contributed by atoms with E-state index in [4.69, 9.17) is 9.47 Å². The van der Waals surface area contributed by atoms with E-state index in [1.54, 1.807) is 0 Å². The van der Waals surface area contributed by atoms with Gasteiger partial charge in [0.1, 0.15) is 0 Å². The van der Waals surface area contributed by atoms with E-state index in [0.717, 1.165) is 12.8 Å². The molecule has 118 valence electrons. The van der Waals surface area contributed by atoms with Crippen molar-refractivity contribution in [1.82, 2.24) is 0 Å². The minimum Gasteiger partial charge on any atom is -0.445 e. The van der Waals surface area contributed by atoms with Crippen molar-refractivity contribution in [3.8, 4) is 23.7 Å². The highest BCUT2D eigenvalue weighted by Gasteiger charge is 2.36. The van der Waals surface area contributed by atoms with Crippen LogP contribution in [0.4, 0.5) is 0 Å². The van der Waals surface area contributed by atoms with Gasteiger partial charge in [-0.15, -0.1) is 6.58 Å². The van der Waals surface area contributed by atoms with Gasteiger partial charge in [0.05, 0.1) is 12.2 Å². The molecule has 1 saturated heterocycles. The highest BCUT2D eigenvalue weighted by Crippen LogP contribution is 2.29. The lowest BCUT2D eigenvalue weighted by Gasteiger charge is -2.03. The summed E-state index contributed by atoms with van der Waals surface area (Å²) >= 11 is 0. The topological polar surface area (TPSA) is 38.8 Å². The maximum Gasteiger partial charge on any atom is 0.304 e. The Morgan fingerprint density at radius 2 is 2.09 bits per heavy atom. The number of hydrogen-bond donors (Lipinski definition) is 0. The van der Waals surface area contributed by atoms with Crippen LogP contribution in [0.2, 0.25) is 0 Å². The largest absolute Gasteiger partial charge is 0.445 e. The van der Waals surface area contributed by atoms with E-state index in [1.165, 1.54) is 32.3 Å². The van der Waals surface area contributed by atoms with Crippen molar-refractivity contribution < 1.29 is 14.3 Å². The predicted octanol–water partition coefficient (Wildman–Crippen LogP) is 3.40. The van der Waals surface area contributed by atoms with Crippen LogP contribution in [0, 0.1) is 23.7 Å². The summed E-state index contributed by atoms with van der Waals surface area (Å²) in [6, 6.07) is 0. The first-order valence-electron chi connectivity index (χ1n) is 7.72. The molecule has 0 unspecified atom stereocenters. The molecule has 0 saturated carbocycles. The molecule has 0 amide bonds. The minimum atomic E-state index is -0.590. The number of ether oxygens (including phenoxy) is 2. The maximum absolute atomic E-state index is 10.8. The van der Waals surface area contributed by atoms with Gasteiger partial charge in [-0.3, -0.25) is 4.79 Å². The molecule has 22 heavy (non-hydrogen) atoms. The molecule has 3 atom stereocenters. The Bertz CT molecular complexity index is 498. The molecule has 1 aliphatic rings. The monoisotopic (exact) mass is 300 g/mol. The van der Waals surface area contributed by atoms with E-state index < -0.39 is 6.10 Å². The first kappa shape index (κ1) is 18.1. The van der Waals surface area contributed by atoms with Crippen molar-refractivity contribution >= 4 is 5.97 Å². The minimum absolute atomic E-state index is 0.261. The molecule has 3 heteroatoms. The molecule has 0 aromatic carbocycles. The Labute approximate surface area is 133 Å². The maximum atomic E-state index is 10.8. The molecule has 0 aromatic rings. The van der Waals surface area contributed by atoms with E-state index >= 15 is 0 Å². The standard InChI is InChI=1S/C19H24O3/c1-4-6-7-8-11-14-18-19(22-18)15-12-9-10-13-17(5-2)21-16(3)20/h4-5,17-19H,1-2,6-8,11,14-15H2,3H3/t17-,18+,19-/m0/s1. The van der Waals surface area contributed by atoms with Gasteiger partial charge in [0.2, 0.25) is 0 Å². The summed E-state index contributed by atoms with van der Waals surface area (Å²) in [5.74, 6) is 10.8. The number of esters is 1. The van der Waals surface area contributed by atoms with Gasteiger partial charge >= 0.3 is 5.97 Å². The van der Waals surface area contributed by atoms with Crippen molar-refractivity contribution in [3.05, 3.63) is 25.3 Å². The second kappa shape index (κ2) is 10.7. The Morgan fingerprint density at radius 1 is 1.27 bits per heavy atom. The smallest absolute Gasteiger partial charge is 0.304 e. The first-order chi connectivity index (χ1) is 10.7. The molecule has 1 fully saturated rings. The van der Waals surface area contributed by atoms with Crippen molar-refractivity contribution in [2.24, 2.45) is 0 Å². The SMILES string of the molecule is C=CCCCCC[C@H]1O[C@H]1CC#CC#C[C@H](C=C)OC(C)=O. The summed E-state index contributed by atoms with van der Waals surface area (Å²) in [7, 11) is 0. The van der Waals surface area contributed by atoms with Crippen molar-refractivity contribution in [3.63, 3.8) is 0 Å². The van der Waals surface area contributed by atoms with E-state index in [9.17, 15) is 4.79 Å². The van der Waals surface area contributed by atoms with Crippen LogP contribution in [0.5, 0.6) is 0 Å². The Kier molecular flexibility index (Phi) is 8.80. The molecule has 0 N–H and O–H groups in total. The summed E-state index contributed by atoms with van der Waals surface area (Å²) in [6.45, 7) is 8.61. The average molecular weight is 300 g/mol. The van der Waals surface area contributed by atoms with Crippen LogP contribution in [0.3, 0.4) is 0 Å². The lowest BCUT2D eigenvalue weighted by atomic mass is 10.1. The molecular formula is C19H24O3. The number of unbranched alkanes of at least 4 members (excludes halogenated alkanes) is 3. The molecule has 3 nitrogen and oxygen atoms in total. The quantitative estimate of drug-likeness (QED) is 0.215. The van der Waals surface area contributed by atoms with Crippen LogP contribution in [0.1, 0.15) is 45.4 Å². The van der Waals surface area contributed by atoms with Crippen molar-refractivity contribution in [1.29, 1.82) is 0 Å². The zero-order chi connectivity index (χ0) is 16.2. The number of epoxide rings is 1. The molecule has 0 spiro atoms. The van der Waals surface area contributed by atoms with Crippen LogP contribution >= 0.6 is 0 Å². The number of rotatable bonds is 9. The fourth-order valence-electron chi connectivity index (χ4n) is 2.04. The zero-order valence-electron chi connectivity index (χ0n) is 13.3. The van der Waals surface area contributed by atoms with Gasteiger partial charge in [-0.2, -0.15) is 0 Å². The van der Waals surface area contributed by atoms with Crippen LogP contribution in [0.25, 0.3) is 0 Å². The summed E-state index contributed by atoms with van der Waals surface area (Å²) in [5.41, 5.74) is 0. The molecule has 0 aromatic heterocycles. The third-order valence-electron chi connectivity index (χ3n) is 3.26. The highest BCUT2D eigenvalue weighted by atomic mass is 16.6. The van der Waals surface area contributed by atoms with Gasteiger partial charge in [0.15, 0.2) is 6.10 Å². The molecule has 0 radical (unpaired) electrons. The van der Waals surface area contributed by atoms with E-state index in [0.29, 0.717) is 12.5 Å². The van der Waals surface area contributed by atoms with Crippen molar-refractivity contribution in [2.75, 3.05) is 0 Å². The Hall–Kier alpha value is -1.97. The third kappa shape index (κ3) is 8.35. The number of allylic oxidation sites excluding steroid dienone is 1. The second-order valence-corrected chi connectivity index (χ2v) is 5.18. The molecule has 1 aliphatic heterocycles. The van der Waals surface area contributed by atoms with E-state index in [1.807, 2.05) is 6.08 Å². The summed E-state index contributed by atoms with van der Waals surface area (Å²) < 4.78 is 10.5. The Morgan fingerprint density at radius 3 is 2.77 bits per heavy atom. The molecule has 0 aliphatic carbocycles. The van der Waals surface area contributed by atoms with Gasteiger partial charge in [-0.25, -0.2) is 0 Å². The average Bonchev–Trinajstić information content (AvgIpc) is 3.23. The summed E-state index contributed by atoms with van der Waals surface area (Å²) in [6.07, 6.45) is 10.0. The number of carbonyl (C=O) groups is 1. The fourth-order valence-corrected chi connectivity index (χ4v) is 2.04. The highest BCUT2D eigenvalue weighted by molar-refractivity contribution is 5.66. The summed E-state index contributed by atoms with van der Waals surface area (Å²) in [5, 5.41) is 0. The van der Waals surface area contributed by atoms with Crippen LogP contribution in [-0.2, 0) is 14.3 Å². The molecular weight excluding hydrogens is 276 g/mol. The van der Waals surface area contributed by atoms with Gasteiger partial charge < -0.3 is 9.47 Å². The van der Waals surface area contributed by atoms with Crippen LogP contribution < -0.4 is 0 Å². The third-order valence-corrected chi connectivity index (χ3v) is 3.26. The number of carbonyl (C=O) groups excluding carboxylic acids is 1. The van der Waals surface area contributed by atoms with Gasteiger partial charge in [-0.05, 0) is 43.1 Å². The lowest BCUT2D eigenvalue weighted by molar-refractivity contribution is -0.142. The van der Waals surface area contributed by atoms with Gasteiger partial charge in [0.25, 0.3) is 0 Å². The molecule has 0 bridgehead atoms. The second-order valence-electron chi connectivity index (χ2n) is 5.18. The fraction of sp³-hybridized carbons (Fsp3) is 0.526. The van der Waals surface area contributed by atoms with E-state index in [2.05, 4.69) is 36.8 Å².